The fraction of sp³-hybridized carbons (Fsp3) is 0.600. The number of ether oxygens (including phenoxy) is 1. The zero-order valence-electron chi connectivity index (χ0n) is 13.0. The third-order valence-electron chi connectivity index (χ3n) is 3.52. The van der Waals surface area contributed by atoms with Crippen molar-refractivity contribution in [2.75, 3.05) is 33.0 Å². The van der Waals surface area contributed by atoms with Crippen LogP contribution in [0.1, 0.15) is 19.0 Å². The number of pyridine rings is 1. The van der Waals surface area contributed by atoms with E-state index in [9.17, 15) is 0 Å². The molecule has 116 valence electrons. The van der Waals surface area contributed by atoms with Gasteiger partial charge in [-0.2, -0.15) is 11.8 Å². The fourth-order valence-corrected chi connectivity index (χ4v) is 3.51. The quantitative estimate of drug-likeness (QED) is 0.681. The number of nitrogens with zero attached hydrogens (tertiary/aromatic N) is 3. The average Bonchev–Trinajstić information content (AvgIpc) is 2.56. The number of hydrogen-bond donors (Lipinski definition) is 1. The molecule has 0 spiro atoms. The Morgan fingerprint density at radius 2 is 2.43 bits per heavy atom. The predicted octanol–water partition coefficient (Wildman–Crippen LogP) is 1.99. The minimum atomic E-state index is 0.643. The van der Waals surface area contributed by atoms with Crippen LogP contribution in [0.15, 0.2) is 23.2 Å². The van der Waals surface area contributed by atoms with E-state index in [0.29, 0.717) is 17.7 Å². The largest absolute Gasteiger partial charge is 0.481 e. The highest BCUT2D eigenvalue weighted by molar-refractivity contribution is 8.00. The van der Waals surface area contributed by atoms with Gasteiger partial charge in [-0.1, -0.05) is 13.0 Å². The van der Waals surface area contributed by atoms with Crippen LogP contribution in [-0.2, 0) is 6.54 Å². The van der Waals surface area contributed by atoms with Crippen LogP contribution in [-0.4, -0.2) is 54.1 Å². The molecular formula is C15H24N4OS. The molecule has 0 bridgehead atoms. The number of aromatic nitrogens is 1. The molecule has 1 unspecified atom stereocenters. The van der Waals surface area contributed by atoms with Crippen LogP contribution in [0.2, 0.25) is 0 Å². The van der Waals surface area contributed by atoms with Gasteiger partial charge in [0.2, 0.25) is 5.88 Å². The second-order valence-electron chi connectivity index (χ2n) is 4.92. The standard InChI is InChI=1S/C15H24N4OS/c1-4-13-11-19(8-9-21-13)15(16-2)17-10-12-6-5-7-14(18-12)20-3/h5-7,13H,4,8-11H2,1-3H3,(H,16,17). The van der Waals surface area contributed by atoms with E-state index >= 15 is 0 Å². The summed E-state index contributed by atoms with van der Waals surface area (Å²) in [6, 6.07) is 5.80. The maximum Gasteiger partial charge on any atom is 0.213 e. The Morgan fingerprint density at radius 3 is 3.14 bits per heavy atom. The van der Waals surface area contributed by atoms with E-state index in [0.717, 1.165) is 30.5 Å². The number of methoxy groups -OCH3 is 1. The van der Waals surface area contributed by atoms with Crippen LogP contribution in [0, 0.1) is 0 Å². The summed E-state index contributed by atoms with van der Waals surface area (Å²) in [5.74, 6) is 2.76. The Kier molecular flexibility index (Phi) is 6.17. The van der Waals surface area contributed by atoms with Crippen LogP contribution >= 0.6 is 11.8 Å². The first-order valence-corrected chi connectivity index (χ1v) is 8.38. The Hall–Kier alpha value is -1.43. The smallest absolute Gasteiger partial charge is 0.213 e. The summed E-state index contributed by atoms with van der Waals surface area (Å²) >= 11 is 2.06. The molecule has 0 aromatic carbocycles. The molecule has 1 aliphatic heterocycles. The highest BCUT2D eigenvalue weighted by Crippen LogP contribution is 2.21. The molecule has 1 aliphatic rings. The number of aliphatic imine (C=N–C) groups is 1. The van der Waals surface area contributed by atoms with Crippen molar-refractivity contribution < 1.29 is 4.74 Å². The van der Waals surface area contributed by atoms with Crippen molar-refractivity contribution in [3.05, 3.63) is 23.9 Å². The highest BCUT2D eigenvalue weighted by atomic mass is 32.2. The summed E-state index contributed by atoms with van der Waals surface area (Å²) in [4.78, 5) is 11.2. The summed E-state index contributed by atoms with van der Waals surface area (Å²) in [5, 5.41) is 4.10. The van der Waals surface area contributed by atoms with Crippen molar-refractivity contribution in [3.63, 3.8) is 0 Å². The van der Waals surface area contributed by atoms with Gasteiger partial charge in [0.25, 0.3) is 0 Å². The van der Waals surface area contributed by atoms with Gasteiger partial charge < -0.3 is 15.0 Å². The molecule has 2 heterocycles. The summed E-state index contributed by atoms with van der Waals surface area (Å²) in [6.07, 6.45) is 1.20. The van der Waals surface area contributed by atoms with E-state index in [-0.39, 0.29) is 0 Å². The Bertz CT molecular complexity index is 480. The number of guanidine groups is 1. The van der Waals surface area contributed by atoms with Crippen molar-refractivity contribution >= 4 is 17.7 Å². The topological polar surface area (TPSA) is 49.8 Å². The summed E-state index contributed by atoms with van der Waals surface area (Å²) in [7, 11) is 3.47. The first-order chi connectivity index (χ1) is 10.3. The van der Waals surface area contributed by atoms with Gasteiger partial charge in [0, 0.05) is 37.2 Å². The molecule has 1 aromatic heterocycles. The van der Waals surface area contributed by atoms with Crippen molar-refractivity contribution in [1.29, 1.82) is 0 Å². The van der Waals surface area contributed by atoms with E-state index in [1.165, 1.54) is 6.42 Å². The summed E-state index contributed by atoms with van der Waals surface area (Å²) < 4.78 is 5.15. The predicted molar refractivity (Wildman–Crippen MR) is 89.1 cm³/mol. The van der Waals surface area contributed by atoms with Gasteiger partial charge in [0.15, 0.2) is 5.96 Å². The van der Waals surface area contributed by atoms with Gasteiger partial charge in [-0.3, -0.25) is 4.99 Å². The molecular weight excluding hydrogens is 284 g/mol. The van der Waals surface area contributed by atoms with Crippen LogP contribution < -0.4 is 10.1 Å². The molecule has 0 saturated carbocycles. The van der Waals surface area contributed by atoms with E-state index < -0.39 is 0 Å². The van der Waals surface area contributed by atoms with Crippen molar-refractivity contribution in [2.24, 2.45) is 4.99 Å². The number of rotatable bonds is 4. The van der Waals surface area contributed by atoms with Crippen LogP contribution in [0.3, 0.4) is 0 Å². The number of nitrogens with one attached hydrogen (secondary N) is 1. The maximum absolute atomic E-state index is 5.15. The van der Waals surface area contributed by atoms with E-state index in [2.05, 4.69) is 38.9 Å². The third-order valence-corrected chi connectivity index (χ3v) is 4.90. The molecule has 0 aliphatic carbocycles. The first-order valence-electron chi connectivity index (χ1n) is 7.34. The lowest BCUT2D eigenvalue weighted by Crippen LogP contribution is -2.47. The van der Waals surface area contributed by atoms with E-state index in [4.69, 9.17) is 4.74 Å². The van der Waals surface area contributed by atoms with E-state index in [1.54, 1.807) is 7.11 Å². The molecule has 1 atom stereocenters. The van der Waals surface area contributed by atoms with Crippen LogP contribution in [0.5, 0.6) is 5.88 Å². The van der Waals surface area contributed by atoms with Gasteiger partial charge in [-0.05, 0) is 12.5 Å². The lowest BCUT2D eigenvalue weighted by molar-refractivity contribution is 0.394. The molecule has 1 aromatic rings. The minimum Gasteiger partial charge on any atom is -0.481 e. The van der Waals surface area contributed by atoms with Gasteiger partial charge in [0.05, 0.1) is 19.3 Å². The van der Waals surface area contributed by atoms with Gasteiger partial charge in [-0.25, -0.2) is 4.98 Å². The lowest BCUT2D eigenvalue weighted by Gasteiger charge is -2.34. The van der Waals surface area contributed by atoms with Crippen LogP contribution in [0.25, 0.3) is 0 Å². The van der Waals surface area contributed by atoms with Gasteiger partial charge >= 0.3 is 0 Å². The summed E-state index contributed by atoms with van der Waals surface area (Å²) in [5.41, 5.74) is 0.953. The highest BCUT2D eigenvalue weighted by Gasteiger charge is 2.21. The maximum atomic E-state index is 5.15. The molecule has 1 N–H and O–H groups in total. The Balaban J connectivity index is 1.93. The molecule has 0 radical (unpaired) electrons. The second kappa shape index (κ2) is 8.12. The molecule has 6 heteroatoms. The minimum absolute atomic E-state index is 0.643. The SMILES string of the molecule is CCC1CN(C(=NC)NCc2cccc(OC)n2)CCS1. The second-order valence-corrected chi connectivity index (χ2v) is 6.33. The van der Waals surface area contributed by atoms with Crippen molar-refractivity contribution in [2.45, 2.75) is 25.1 Å². The first kappa shape index (κ1) is 15.9. The lowest BCUT2D eigenvalue weighted by atomic mass is 10.3. The number of thioether (sulfide) groups is 1. The Morgan fingerprint density at radius 1 is 1.57 bits per heavy atom. The summed E-state index contributed by atoms with van der Waals surface area (Å²) in [6.45, 7) is 5.01. The average molecular weight is 308 g/mol. The van der Waals surface area contributed by atoms with Gasteiger partial charge in [0.1, 0.15) is 0 Å². The van der Waals surface area contributed by atoms with Crippen LogP contribution in [0.4, 0.5) is 0 Å². The molecule has 0 amide bonds. The van der Waals surface area contributed by atoms with Crippen molar-refractivity contribution in [3.8, 4) is 5.88 Å². The van der Waals surface area contributed by atoms with E-state index in [1.807, 2.05) is 25.2 Å². The zero-order valence-corrected chi connectivity index (χ0v) is 13.8. The van der Waals surface area contributed by atoms with Crippen molar-refractivity contribution in [1.82, 2.24) is 15.2 Å². The fourth-order valence-electron chi connectivity index (χ4n) is 2.33. The molecule has 2 rings (SSSR count). The molecule has 5 nitrogen and oxygen atoms in total. The zero-order chi connectivity index (χ0) is 15.1. The number of hydrogen-bond acceptors (Lipinski definition) is 4. The normalized spacial score (nSPS) is 19.5. The molecule has 21 heavy (non-hydrogen) atoms. The Labute approximate surface area is 131 Å². The molecule has 1 saturated heterocycles. The van der Waals surface area contributed by atoms with Gasteiger partial charge in [-0.15, -0.1) is 0 Å². The monoisotopic (exact) mass is 308 g/mol. The molecule has 1 fully saturated rings. The third kappa shape index (κ3) is 4.52.